The highest BCUT2D eigenvalue weighted by molar-refractivity contribution is 7.13. The van der Waals surface area contributed by atoms with E-state index in [1.165, 1.54) is 11.3 Å². The second kappa shape index (κ2) is 6.05. The Bertz CT molecular complexity index is 877. The summed E-state index contributed by atoms with van der Waals surface area (Å²) >= 11 is 1.54. The molecule has 1 atom stereocenters. The summed E-state index contributed by atoms with van der Waals surface area (Å²) in [6.07, 6.45) is 1.50. The molecular formula is C18H16N4OS. The number of nitrogens with one attached hydrogen (secondary N) is 1. The van der Waals surface area contributed by atoms with Gasteiger partial charge in [-0.1, -0.05) is 18.2 Å². The second-order valence-electron chi connectivity index (χ2n) is 5.48. The van der Waals surface area contributed by atoms with Gasteiger partial charge in [-0.25, -0.2) is 4.98 Å². The number of anilines is 1. The van der Waals surface area contributed by atoms with Gasteiger partial charge in [0.2, 0.25) is 0 Å². The van der Waals surface area contributed by atoms with Crippen molar-refractivity contribution in [1.82, 2.24) is 14.9 Å². The quantitative estimate of drug-likeness (QED) is 0.790. The molecule has 0 radical (unpaired) electrons. The molecule has 3 heterocycles. The van der Waals surface area contributed by atoms with Crippen molar-refractivity contribution in [3.05, 3.63) is 65.3 Å². The molecule has 1 amide bonds. The Labute approximate surface area is 144 Å². The highest BCUT2D eigenvalue weighted by Gasteiger charge is 2.33. The largest absolute Gasteiger partial charge is 0.359 e. The molecule has 120 valence electrons. The molecule has 2 aromatic heterocycles. The van der Waals surface area contributed by atoms with Crippen LogP contribution in [0.15, 0.2) is 54.0 Å². The number of fused-ring (bicyclic) bond motifs is 1. The van der Waals surface area contributed by atoms with E-state index in [9.17, 15) is 4.79 Å². The topological polar surface area (TPSA) is 58.1 Å². The molecule has 0 bridgehead atoms. The molecule has 1 unspecified atom stereocenters. The first-order valence-corrected chi connectivity index (χ1v) is 8.69. The van der Waals surface area contributed by atoms with Crippen LogP contribution in [0.1, 0.15) is 29.1 Å². The summed E-state index contributed by atoms with van der Waals surface area (Å²) in [5.74, 6) is 0.0317. The zero-order chi connectivity index (χ0) is 16.5. The summed E-state index contributed by atoms with van der Waals surface area (Å²) in [5, 5.41) is 6.29. The fourth-order valence-electron chi connectivity index (χ4n) is 2.87. The molecule has 0 saturated heterocycles. The maximum Gasteiger partial charge on any atom is 0.257 e. The summed E-state index contributed by atoms with van der Waals surface area (Å²) < 4.78 is 0. The zero-order valence-corrected chi connectivity index (χ0v) is 14.0. The summed E-state index contributed by atoms with van der Waals surface area (Å²) in [7, 11) is 0. The van der Waals surface area contributed by atoms with Crippen molar-refractivity contribution in [2.24, 2.45) is 0 Å². The minimum absolute atomic E-state index is 0.0317. The van der Waals surface area contributed by atoms with Crippen molar-refractivity contribution < 1.29 is 4.79 Å². The number of nitrogens with zero attached hydrogens (tertiary/aromatic N) is 3. The number of benzene rings is 1. The van der Waals surface area contributed by atoms with Gasteiger partial charge in [-0.15, -0.1) is 11.3 Å². The van der Waals surface area contributed by atoms with Crippen LogP contribution in [0, 0.1) is 0 Å². The normalized spacial score (nSPS) is 16.6. The van der Waals surface area contributed by atoms with Crippen LogP contribution in [0.2, 0.25) is 0 Å². The van der Waals surface area contributed by atoms with Gasteiger partial charge in [0.15, 0.2) is 0 Å². The van der Waals surface area contributed by atoms with Crippen molar-refractivity contribution in [2.75, 3.05) is 11.9 Å². The number of hydrogen-bond donors (Lipinski definition) is 1. The molecule has 1 aliphatic heterocycles. The van der Waals surface area contributed by atoms with E-state index in [-0.39, 0.29) is 12.1 Å². The van der Waals surface area contributed by atoms with E-state index in [2.05, 4.69) is 10.3 Å². The Kier molecular flexibility index (Phi) is 3.74. The number of carbonyl (C=O) groups is 1. The lowest BCUT2D eigenvalue weighted by Gasteiger charge is -2.36. The first kappa shape index (κ1) is 14.8. The molecule has 1 N–H and O–H groups in total. The lowest BCUT2D eigenvalue weighted by Crippen LogP contribution is -2.42. The fourth-order valence-corrected chi connectivity index (χ4v) is 3.68. The number of amides is 1. The van der Waals surface area contributed by atoms with Gasteiger partial charge < -0.3 is 10.2 Å². The van der Waals surface area contributed by atoms with E-state index in [1.807, 2.05) is 54.8 Å². The van der Waals surface area contributed by atoms with Gasteiger partial charge in [-0.3, -0.25) is 9.78 Å². The lowest BCUT2D eigenvalue weighted by atomic mass is 10.1. The van der Waals surface area contributed by atoms with Gasteiger partial charge in [0.25, 0.3) is 5.91 Å². The van der Waals surface area contributed by atoms with Crippen LogP contribution in [0.5, 0.6) is 0 Å². The monoisotopic (exact) mass is 336 g/mol. The van der Waals surface area contributed by atoms with E-state index >= 15 is 0 Å². The molecule has 1 aromatic carbocycles. The van der Waals surface area contributed by atoms with Crippen molar-refractivity contribution in [3.63, 3.8) is 0 Å². The Morgan fingerprint density at radius 3 is 2.83 bits per heavy atom. The van der Waals surface area contributed by atoms with Gasteiger partial charge >= 0.3 is 0 Å². The number of thiazole rings is 1. The second-order valence-corrected chi connectivity index (χ2v) is 6.33. The number of pyridine rings is 1. The molecule has 6 heteroatoms. The predicted molar refractivity (Wildman–Crippen MR) is 94.9 cm³/mol. The van der Waals surface area contributed by atoms with Crippen molar-refractivity contribution >= 4 is 22.9 Å². The zero-order valence-electron chi connectivity index (χ0n) is 13.1. The van der Waals surface area contributed by atoms with Crippen LogP contribution in [-0.4, -0.2) is 27.3 Å². The molecule has 0 spiro atoms. The molecular weight excluding hydrogens is 320 g/mol. The smallest absolute Gasteiger partial charge is 0.257 e. The van der Waals surface area contributed by atoms with Crippen molar-refractivity contribution in [3.8, 4) is 10.7 Å². The molecule has 0 aliphatic carbocycles. The van der Waals surface area contributed by atoms with Crippen LogP contribution in [-0.2, 0) is 0 Å². The predicted octanol–water partition coefficient (Wildman–Crippen LogP) is 3.79. The average Bonchev–Trinajstić information content (AvgIpc) is 3.12. The highest BCUT2D eigenvalue weighted by atomic mass is 32.1. The van der Waals surface area contributed by atoms with Crippen LogP contribution in [0.25, 0.3) is 10.7 Å². The number of aromatic nitrogens is 2. The third kappa shape index (κ3) is 2.45. The van der Waals surface area contributed by atoms with Crippen LogP contribution in [0.4, 0.5) is 5.69 Å². The Balaban J connectivity index is 1.71. The van der Waals surface area contributed by atoms with E-state index < -0.39 is 0 Å². The number of para-hydroxylation sites is 1. The Morgan fingerprint density at radius 2 is 2.04 bits per heavy atom. The Hall–Kier alpha value is -2.73. The minimum Gasteiger partial charge on any atom is -0.359 e. The van der Waals surface area contributed by atoms with Gasteiger partial charge in [-0.05, 0) is 31.2 Å². The maximum absolute atomic E-state index is 12.8. The molecule has 0 fully saturated rings. The fraction of sp³-hybridized carbons (Fsp3) is 0.167. The summed E-state index contributed by atoms with van der Waals surface area (Å²) in [6.45, 7) is 2.59. The van der Waals surface area contributed by atoms with E-state index in [0.29, 0.717) is 12.1 Å². The SMILES string of the molecule is CCN1C(=O)c2ccccc2NC1c1csc(-c2ccccn2)n1. The first-order valence-electron chi connectivity index (χ1n) is 7.81. The van der Waals surface area contributed by atoms with Gasteiger partial charge in [0.05, 0.1) is 17.0 Å². The molecule has 4 rings (SSSR count). The Morgan fingerprint density at radius 1 is 1.21 bits per heavy atom. The lowest BCUT2D eigenvalue weighted by molar-refractivity contribution is 0.0692. The highest BCUT2D eigenvalue weighted by Crippen LogP contribution is 2.34. The van der Waals surface area contributed by atoms with Gasteiger partial charge in [0, 0.05) is 23.8 Å². The molecule has 1 aliphatic rings. The number of rotatable bonds is 3. The standard InChI is InChI=1S/C18H16N4OS/c1-2-22-16(20-13-8-4-3-7-12(13)18(22)23)15-11-24-17(21-15)14-9-5-6-10-19-14/h3-11,16,20H,2H2,1H3. The molecule has 5 nitrogen and oxygen atoms in total. The summed E-state index contributed by atoms with van der Waals surface area (Å²) in [5.41, 5.74) is 3.24. The first-order chi connectivity index (χ1) is 11.8. The van der Waals surface area contributed by atoms with E-state index in [4.69, 9.17) is 4.98 Å². The van der Waals surface area contributed by atoms with Crippen LogP contribution in [0.3, 0.4) is 0 Å². The van der Waals surface area contributed by atoms with Crippen LogP contribution < -0.4 is 5.32 Å². The average molecular weight is 336 g/mol. The van der Waals surface area contributed by atoms with Crippen LogP contribution >= 0.6 is 11.3 Å². The third-order valence-electron chi connectivity index (χ3n) is 4.05. The maximum atomic E-state index is 12.8. The van der Waals surface area contributed by atoms with Gasteiger partial charge in [0.1, 0.15) is 11.2 Å². The van der Waals surface area contributed by atoms with E-state index in [0.717, 1.165) is 22.1 Å². The minimum atomic E-state index is -0.258. The molecule has 24 heavy (non-hydrogen) atoms. The summed E-state index contributed by atoms with van der Waals surface area (Å²) in [6, 6.07) is 13.4. The van der Waals surface area contributed by atoms with E-state index in [1.54, 1.807) is 11.1 Å². The molecule has 0 saturated carbocycles. The van der Waals surface area contributed by atoms with Crippen molar-refractivity contribution in [2.45, 2.75) is 13.1 Å². The number of hydrogen-bond acceptors (Lipinski definition) is 5. The van der Waals surface area contributed by atoms with Crippen molar-refractivity contribution in [1.29, 1.82) is 0 Å². The summed E-state index contributed by atoms with van der Waals surface area (Å²) in [4.78, 5) is 23.6. The van der Waals surface area contributed by atoms with Gasteiger partial charge in [-0.2, -0.15) is 0 Å². The third-order valence-corrected chi connectivity index (χ3v) is 4.93. The number of carbonyl (C=O) groups excluding carboxylic acids is 1. The molecule has 3 aromatic rings.